The minimum Gasteiger partial charge on any atom is -0.358 e. The van der Waals surface area contributed by atoms with Gasteiger partial charge in [0.15, 0.2) is 0 Å². The van der Waals surface area contributed by atoms with Crippen molar-refractivity contribution < 1.29 is 4.39 Å². The van der Waals surface area contributed by atoms with Crippen LogP contribution in [-0.4, -0.2) is 11.5 Å². The minimum atomic E-state index is -0.210. The van der Waals surface area contributed by atoms with Gasteiger partial charge in [-0.1, -0.05) is 0 Å². The Morgan fingerprint density at radius 2 is 2.21 bits per heavy atom. The molecule has 0 radical (unpaired) electrons. The standard InChI is InChI=1S/C11H13FN2/c1-7-9-3-2-8(12)6-11(9)14-10(7)4-5-13/h2-3,6,14H,4-5,13H2,1H3. The lowest BCUT2D eigenvalue weighted by atomic mass is 10.1. The van der Waals surface area contributed by atoms with E-state index in [1.807, 2.05) is 6.92 Å². The van der Waals surface area contributed by atoms with Crippen molar-refractivity contribution in [1.82, 2.24) is 4.98 Å². The molecule has 14 heavy (non-hydrogen) atoms. The molecule has 1 aromatic carbocycles. The van der Waals surface area contributed by atoms with Gasteiger partial charge in [-0.2, -0.15) is 0 Å². The van der Waals surface area contributed by atoms with Gasteiger partial charge in [0.25, 0.3) is 0 Å². The van der Waals surface area contributed by atoms with Crippen molar-refractivity contribution in [3.8, 4) is 0 Å². The topological polar surface area (TPSA) is 41.8 Å². The van der Waals surface area contributed by atoms with Crippen LogP contribution in [0.1, 0.15) is 11.3 Å². The van der Waals surface area contributed by atoms with Crippen LogP contribution in [0.25, 0.3) is 10.9 Å². The largest absolute Gasteiger partial charge is 0.358 e. The number of hydrogen-bond acceptors (Lipinski definition) is 1. The maximum Gasteiger partial charge on any atom is 0.125 e. The molecule has 1 heterocycles. The third-order valence-electron chi connectivity index (χ3n) is 2.52. The number of rotatable bonds is 2. The van der Waals surface area contributed by atoms with Crippen molar-refractivity contribution in [2.24, 2.45) is 5.73 Å². The lowest BCUT2D eigenvalue weighted by Gasteiger charge is -1.94. The lowest BCUT2D eigenvalue weighted by molar-refractivity contribution is 0.629. The summed E-state index contributed by atoms with van der Waals surface area (Å²) in [5.74, 6) is -0.210. The predicted octanol–water partition coefficient (Wildman–Crippen LogP) is 2.12. The van der Waals surface area contributed by atoms with Gasteiger partial charge in [0.1, 0.15) is 5.82 Å². The Hall–Kier alpha value is -1.35. The summed E-state index contributed by atoms with van der Waals surface area (Å²) < 4.78 is 12.9. The molecule has 0 aliphatic heterocycles. The average Bonchev–Trinajstić information content (AvgIpc) is 2.44. The first-order valence-corrected chi connectivity index (χ1v) is 4.69. The van der Waals surface area contributed by atoms with E-state index in [4.69, 9.17) is 5.73 Å². The van der Waals surface area contributed by atoms with Crippen LogP contribution in [0.5, 0.6) is 0 Å². The van der Waals surface area contributed by atoms with E-state index >= 15 is 0 Å². The second-order valence-corrected chi connectivity index (χ2v) is 3.46. The Kier molecular flexibility index (Phi) is 2.25. The number of benzene rings is 1. The van der Waals surface area contributed by atoms with E-state index in [0.29, 0.717) is 6.54 Å². The van der Waals surface area contributed by atoms with Gasteiger partial charge < -0.3 is 10.7 Å². The molecule has 0 aliphatic rings. The molecular formula is C11H13FN2. The second kappa shape index (κ2) is 3.42. The summed E-state index contributed by atoms with van der Waals surface area (Å²) >= 11 is 0. The predicted molar refractivity (Wildman–Crippen MR) is 55.8 cm³/mol. The summed E-state index contributed by atoms with van der Waals surface area (Å²) in [6.07, 6.45) is 0.808. The van der Waals surface area contributed by atoms with Crippen molar-refractivity contribution in [3.63, 3.8) is 0 Å². The highest BCUT2D eigenvalue weighted by Gasteiger charge is 2.06. The van der Waals surface area contributed by atoms with Gasteiger partial charge in [0.2, 0.25) is 0 Å². The Labute approximate surface area is 81.9 Å². The van der Waals surface area contributed by atoms with E-state index in [0.717, 1.165) is 23.0 Å². The van der Waals surface area contributed by atoms with Gasteiger partial charge in [0, 0.05) is 23.0 Å². The van der Waals surface area contributed by atoms with Crippen LogP contribution < -0.4 is 5.73 Å². The Bertz CT molecular complexity index is 460. The molecule has 0 unspecified atom stereocenters. The van der Waals surface area contributed by atoms with Crippen LogP contribution in [0.15, 0.2) is 18.2 Å². The fraction of sp³-hybridized carbons (Fsp3) is 0.273. The zero-order valence-electron chi connectivity index (χ0n) is 8.10. The summed E-state index contributed by atoms with van der Waals surface area (Å²) in [6, 6.07) is 4.80. The fourth-order valence-corrected chi connectivity index (χ4v) is 1.76. The molecule has 3 N–H and O–H groups in total. The molecule has 74 valence electrons. The zero-order valence-corrected chi connectivity index (χ0v) is 8.10. The number of aromatic amines is 1. The quantitative estimate of drug-likeness (QED) is 0.751. The molecule has 0 atom stereocenters. The highest BCUT2D eigenvalue weighted by molar-refractivity contribution is 5.84. The van der Waals surface area contributed by atoms with Crippen LogP contribution in [0, 0.1) is 12.7 Å². The number of aryl methyl sites for hydroxylation is 1. The van der Waals surface area contributed by atoms with Crippen molar-refractivity contribution in [1.29, 1.82) is 0 Å². The summed E-state index contributed by atoms with van der Waals surface area (Å²) in [6.45, 7) is 2.64. The van der Waals surface area contributed by atoms with Gasteiger partial charge in [0.05, 0.1) is 0 Å². The van der Waals surface area contributed by atoms with Crippen molar-refractivity contribution in [2.75, 3.05) is 6.54 Å². The van der Waals surface area contributed by atoms with Gasteiger partial charge in [-0.3, -0.25) is 0 Å². The summed E-state index contributed by atoms with van der Waals surface area (Å²) in [5.41, 5.74) is 8.62. The molecule has 0 amide bonds. The highest BCUT2D eigenvalue weighted by atomic mass is 19.1. The molecule has 0 spiro atoms. The molecule has 0 fully saturated rings. The van der Waals surface area contributed by atoms with Crippen LogP contribution in [0.2, 0.25) is 0 Å². The third kappa shape index (κ3) is 1.40. The van der Waals surface area contributed by atoms with E-state index in [1.54, 1.807) is 6.07 Å². The van der Waals surface area contributed by atoms with Crippen LogP contribution in [-0.2, 0) is 6.42 Å². The summed E-state index contributed by atoms with van der Waals surface area (Å²) in [4.78, 5) is 3.19. The van der Waals surface area contributed by atoms with Crippen LogP contribution >= 0.6 is 0 Å². The van der Waals surface area contributed by atoms with E-state index < -0.39 is 0 Å². The normalized spacial score (nSPS) is 11.1. The molecule has 3 heteroatoms. The van der Waals surface area contributed by atoms with Gasteiger partial charge >= 0.3 is 0 Å². The molecule has 0 bridgehead atoms. The molecule has 0 aliphatic carbocycles. The average molecular weight is 192 g/mol. The Morgan fingerprint density at radius 3 is 2.93 bits per heavy atom. The lowest BCUT2D eigenvalue weighted by Crippen LogP contribution is -2.03. The monoisotopic (exact) mass is 192 g/mol. The van der Waals surface area contributed by atoms with Crippen molar-refractivity contribution in [3.05, 3.63) is 35.3 Å². The number of nitrogens with one attached hydrogen (secondary N) is 1. The first kappa shape index (κ1) is 9.21. The summed E-state index contributed by atoms with van der Waals surface area (Å²) in [5, 5.41) is 1.08. The van der Waals surface area contributed by atoms with Gasteiger partial charge in [-0.15, -0.1) is 0 Å². The molecule has 0 saturated carbocycles. The maximum atomic E-state index is 12.9. The molecule has 0 saturated heterocycles. The first-order chi connectivity index (χ1) is 6.72. The molecule has 1 aromatic heterocycles. The zero-order chi connectivity index (χ0) is 10.1. The summed E-state index contributed by atoms with van der Waals surface area (Å²) in [7, 11) is 0. The van der Waals surface area contributed by atoms with Crippen LogP contribution in [0.4, 0.5) is 4.39 Å². The number of halogens is 1. The molecule has 2 nitrogen and oxygen atoms in total. The number of hydrogen-bond donors (Lipinski definition) is 2. The number of nitrogens with two attached hydrogens (primary N) is 1. The van der Waals surface area contributed by atoms with Crippen molar-refractivity contribution >= 4 is 10.9 Å². The first-order valence-electron chi connectivity index (χ1n) is 4.69. The van der Waals surface area contributed by atoms with Crippen molar-refractivity contribution in [2.45, 2.75) is 13.3 Å². The second-order valence-electron chi connectivity index (χ2n) is 3.46. The maximum absolute atomic E-state index is 12.9. The number of H-pyrrole nitrogens is 1. The third-order valence-corrected chi connectivity index (χ3v) is 2.52. The Morgan fingerprint density at radius 1 is 1.43 bits per heavy atom. The number of fused-ring (bicyclic) bond motifs is 1. The van der Waals surface area contributed by atoms with E-state index in [9.17, 15) is 4.39 Å². The minimum absolute atomic E-state index is 0.210. The molecular weight excluding hydrogens is 179 g/mol. The van der Waals surface area contributed by atoms with E-state index in [1.165, 1.54) is 17.7 Å². The molecule has 2 rings (SSSR count). The molecule has 2 aromatic rings. The Balaban J connectivity index is 2.61. The van der Waals surface area contributed by atoms with E-state index in [2.05, 4.69) is 4.98 Å². The highest BCUT2D eigenvalue weighted by Crippen LogP contribution is 2.22. The van der Waals surface area contributed by atoms with Crippen LogP contribution in [0.3, 0.4) is 0 Å². The number of aromatic nitrogens is 1. The smallest absolute Gasteiger partial charge is 0.125 e. The van der Waals surface area contributed by atoms with Gasteiger partial charge in [-0.25, -0.2) is 4.39 Å². The van der Waals surface area contributed by atoms with E-state index in [-0.39, 0.29) is 5.82 Å². The SMILES string of the molecule is Cc1c(CCN)[nH]c2cc(F)ccc12. The van der Waals surface area contributed by atoms with Gasteiger partial charge in [-0.05, 0) is 37.2 Å². The fourth-order valence-electron chi connectivity index (χ4n) is 1.76.